The van der Waals surface area contributed by atoms with Crippen molar-refractivity contribution in [1.29, 1.82) is 0 Å². The third-order valence-corrected chi connectivity index (χ3v) is 4.08. The van der Waals surface area contributed by atoms with Crippen LogP contribution in [0.5, 0.6) is 0 Å². The van der Waals surface area contributed by atoms with Crippen molar-refractivity contribution >= 4 is 22.6 Å². The largest absolute Gasteiger partial charge is 0.306 e. The Morgan fingerprint density at radius 1 is 1.05 bits per heavy atom. The molecule has 0 fully saturated rings. The van der Waals surface area contributed by atoms with Crippen molar-refractivity contribution in [3.63, 3.8) is 0 Å². The van der Waals surface area contributed by atoms with E-state index >= 15 is 0 Å². The van der Waals surface area contributed by atoms with Crippen molar-refractivity contribution in [2.24, 2.45) is 0 Å². The summed E-state index contributed by atoms with van der Waals surface area (Å²) in [5, 5.41) is 3.29. The molecule has 0 heterocycles. The van der Waals surface area contributed by atoms with Gasteiger partial charge in [0, 0.05) is 3.57 Å². The molecule has 0 bridgehead atoms. The van der Waals surface area contributed by atoms with Crippen LogP contribution in [0.4, 0.5) is 13.2 Å². The molecule has 0 spiro atoms. The summed E-state index contributed by atoms with van der Waals surface area (Å²) in [6, 6.07) is 8.02. The monoisotopic (exact) mass is 405 g/mol. The van der Waals surface area contributed by atoms with Gasteiger partial charge in [-0.3, -0.25) is 0 Å². The smallest absolute Gasteiger partial charge is 0.159 e. The minimum Gasteiger partial charge on any atom is -0.306 e. The van der Waals surface area contributed by atoms with Crippen LogP contribution in [0.25, 0.3) is 0 Å². The Hall–Kier alpha value is -1.08. The molecule has 2 aromatic carbocycles. The van der Waals surface area contributed by atoms with Crippen LogP contribution < -0.4 is 5.32 Å². The van der Waals surface area contributed by atoms with Crippen LogP contribution in [-0.2, 0) is 0 Å². The van der Waals surface area contributed by atoms with Gasteiger partial charge in [-0.15, -0.1) is 0 Å². The summed E-state index contributed by atoms with van der Waals surface area (Å²) < 4.78 is 40.6. The summed E-state index contributed by atoms with van der Waals surface area (Å²) in [6.45, 7) is 2.74. The first-order chi connectivity index (χ1) is 10.0. The topological polar surface area (TPSA) is 12.0 Å². The summed E-state index contributed by atoms with van der Waals surface area (Å²) in [7, 11) is 0. The molecule has 0 aliphatic carbocycles. The molecule has 0 aliphatic heterocycles. The Morgan fingerprint density at radius 2 is 1.81 bits per heavy atom. The fourth-order valence-electron chi connectivity index (χ4n) is 2.12. The molecule has 5 heteroatoms. The molecular formula is C16H15F3IN. The first kappa shape index (κ1) is 16.3. The standard InChI is InChI=1S/C16H15F3IN/c1-2-7-21-16(10-3-6-13(18)14(19)8-10)12-5-4-11(17)9-15(12)20/h3-6,8-9,16,21H,2,7H2,1H3. The van der Waals surface area contributed by atoms with Gasteiger partial charge in [-0.25, -0.2) is 13.2 Å². The SMILES string of the molecule is CCCNC(c1ccc(F)c(F)c1)c1ccc(F)cc1I. The molecule has 0 aromatic heterocycles. The molecule has 1 N–H and O–H groups in total. The Balaban J connectivity index is 2.44. The van der Waals surface area contributed by atoms with Crippen molar-refractivity contribution in [2.45, 2.75) is 19.4 Å². The highest BCUT2D eigenvalue weighted by Crippen LogP contribution is 2.28. The lowest BCUT2D eigenvalue weighted by molar-refractivity contribution is 0.503. The zero-order valence-corrected chi connectivity index (χ0v) is 13.6. The van der Waals surface area contributed by atoms with E-state index in [4.69, 9.17) is 0 Å². The molecule has 2 rings (SSSR count). The van der Waals surface area contributed by atoms with Crippen LogP contribution in [0.2, 0.25) is 0 Å². The van der Waals surface area contributed by atoms with Crippen LogP contribution in [0, 0.1) is 21.0 Å². The average Bonchev–Trinajstić information content (AvgIpc) is 2.44. The quantitative estimate of drug-likeness (QED) is 0.705. The van der Waals surface area contributed by atoms with Crippen molar-refractivity contribution in [3.8, 4) is 0 Å². The van der Waals surface area contributed by atoms with Gasteiger partial charge in [-0.05, 0) is 70.9 Å². The highest BCUT2D eigenvalue weighted by Gasteiger charge is 2.18. The second-order valence-corrected chi connectivity index (χ2v) is 5.89. The minimum atomic E-state index is -0.882. The normalized spacial score (nSPS) is 12.4. The summed E-state index contributed by atoms with van der Waals surface area (Å²) in [4.78, 5) is 0. The van der Waals surface area contributed by atoms with E-state index in [0.29, 0.717) is 5.56 Å². The van der Waals surface area contributed by atoms with Gasteiger partial charge in [0.05, 0.1) is 6.04 Å². The van der Waals surface area contributed by atoms with Crippen molar-refractivity contribution in [2.75, 3.05) is 6.54 Å². The third kappa shape index (κ3) is 3.97. The summed E-state index contributed by atoms with van der Waals surface area (Å²) >= 11 is 2.05. The molecule has 0 amide bonds. The Labute approximate surface area is 135 Å². The number of halogens is 4. The van der Waals surface area contributed by atoms with E-state index in [1.807, 2.05) is 29.5 Å². The third-order valence-electron chi connectivity index (χ3n) is 3.15. The number of hydrogen-bond acceptors (Lipinski definition) is 1. The number of hydrogen-bond donors (Lipinski definition) is 1. The lowest BCUT2D eigenvalue weighted by atomic mass is 9.98. The fourth-order valence-corrected chi connectivity index (χ4v) is 2.91. The van der Waals surface area contributed by atoms with Crippen LogP contribution in [-0.4, -0.2) is 6.54 Å². The highest BCUT2D eigenvalue weighted by atomic mass is 127. The zero-order chi connectivity index (χ0) is 15.4. The molecule has 2 aromatic rings. The van der Waals surface area contributed by atoms with Crippen molar-refractivity contribution in [3.05, 3.63) is 68.5 Å². The van der Waals surface area contributed by atoms with E-state index in [1.54, 1.807) is 12.1 Å². The summed E-state index contributed by atoms with van der Waals surface area (Å²) in [6.07, 6.45) is 0.901. The highest BCUT2D eigenvalue weighted by molar-refractivity contribution is 14.1. The maximum Gasteiger partial charge on any atom is 0.159 e. The van der Waals surface area contributed by atoms with E-state index in [1.165, 1.54) is 18.2 Å². The molecule has 21 heavy (non-hydrogen) atoms. The van der Waals surface area contributed by atoms with Gasteiger partial charge in [-0.1, -0.05) is 19.1 Å². The molecule has 0 radical (unpaired) electrons. The molecule has 0 saturated carbocycles. The minimum absolute atomic E-state index is 0.299. The lowest BCUT2D eigenvalue weighted by Gasteiger charge is -2.21. The van der Waals surface area contributed by atoms with E-state index in [0.717, 1.165) is 28.2 Å². The lowest BCUT2D eigenvalue weighted by Crippen LogP contribution is -2.24. The van der Waals surface area contributed by atoms with Crippen molar-refractivity contribution in [1.82, 2.24) is 5.32 Å². The van der Waals surface area contributed by atoms with E-state index in [9.17, 15) is 13.2 Å². The molecule has 1 atom stereocenters. The van der Waals surface area contributed by atoms with Crippen LogP contribution >= 0.6 is 22.6 Å². The Kier molecular flexibility index (Phi) is 5.64. The van der Waals surface area contributed by atoms with Crippen LogP contribution in [0.3, 0.4) is 0 Å². The molecule has 112 valence electrons. The van der Waals surface area contributed by atoms with Gasteiger partial charge in [0.1, 0.15) is 5.82 Å². The predicted octanol–water partition coefficient (Wildman–Crippen LogP) is 4.80. The van der Waals surface area contributed by atoms with Crippen LogP contribution in [0.15, 0.2) is 36.4 Å². The van der Waals surface area contributed by atoms with E-state index in [-0.39, 0.29) is 11.9 Å². The maximum absolute atomic E-state index is 13.5. The summed E-state index contributed by atoms with van der Waals surface area (Å²) in [5.41, 5.74) is 1.46. The average molecular weight is 405 g/mol. The number of rotatable bonds is 5. The van der Waals surface area contributed by atoms with Crippen LogP contribution in [0.1, 0.15) is 30.5 Å². The second kappa shape index (κ2) is 7.26. The van der Waals surface area contributed by atoms with Gasteiger partial charge in [0.2, 0.25) is 0 Å². The molecular weight excluding hydrogens is 390 g/mol. The Bertz CT molecular complexity index is 631. The van der Waals surface area contributed by atoms with E-state index in [2.05, 4.69) is 5.32 Å². The first-order valence-corrected chi connectivity index (χ1v) is 7.74. The zero-order valence-electron chi connectivity index (χ0n) is 11.5. The second-order valence-electron chi connectivity index (χ2n) is 4.73. The van der Waals surface area contributed by atoms with Gasteiger partial charge in [0.25, 0.3) is 0 Å². The summed E-state index contributed by atoms with van der Waals surface area (Å²) in [5.74, 6) is -2.07. The molecule has 1 unspecified atom stereocenters. The number of benzene rings is 2. The van der Waals surface area contributed by atoms with Gasteiger partial charge in [-0.2, -0.15) is 0 Å². The number of nitrogens with one attached hydrogen (secondary N) is 1. The van der Waals surface area contributed by atoms with Crippen molar-refractivity contribution < 1.29 is 13.2 Å². The van der Waals surface area contributed by atoms with Gasteiger partial charge in [0.15, 0.2) is 11.6 Å². The van der Waals surface area contributed by atoms with Gasteiger partial charge < -0.3 is 5.32 Å². The predicted molar refractivity (Wildman–Crippen MR) is 85.6 cm³/mol. The van der Waals surface area contributed by atoms with E-state index < -0.39 is 11.6 Å². The van der Waals surface area contributed by atoms with Gasteiger partial charge >= 0.3 is 0 Å². The first-order valence-electron chi connectivity index (χ1n) is 6.66. The molecule has 0 saturated heterocycles. The molecule has 0 aliphatic rings. The molecule has 1 nitrogen and oxygen atoms in total. The fraction of sp³-hybridized carbons (Fsp3) is 0.250. The Morgan fingerprint density at radius 3 is 2.43 bits per heavy atom. The maximum atomic E-state index is 13.5.